The fourth-order valence-electron chi connectivity index (χ4n) is 2.95. The quantitative estimate of drug-likeness (QED) is 0.877. The minimum Gasteiger partial charge on any atom is -0.374 e. The highest BCUT2D eigenvalue weighted by Crippen LogP contribution is 2.30. The van der Waals surface area contributed by atoms with Crippen molar-refractivity contribution in [3.05, 3.63) is 53.1 Å². The van der Waals surface area contributed by atoms with Crippen molar-refractivity contribution in [3.8, 4) is 0 Å². The molecule has 1 heterocycles. The van der Waals surface area contributed by atoms with Gasteiger partial charge in [-0.2, -0.15) is 0 Å². The van der Waals surface area contributed by atoms with Crippen LogP contribution >= 0.6 is 11.6 Å². The van der Waals surface area contributed by atoms with Crippen molar-refractivity contribution >= 4 is 40.5 Å². The molecule has 2 amide bonds. The van der Waals surface area contributed by atoms with E-state index in [0.717, 1.165) is 23.4 Å². The maximum atomic E-state index is 12.3. The lowest BCUT2D eigenvalue weighted by atomic mass is 10.1. The largest absolute Gasteiger partial charge is 0.374 e. The zero-order valence-corrected chi connectivity index (χ0v) is 14.9. The zero-order valence-electron chi connectivity index (χ0n) is 14.2. The zero-order chi connectivity index (χ0) is 18.0. The van der Waals surface area contributed by atoms with Gasteiger partial charge in [-0.1, -0.05) is 17.7 Å². The molecule has 2 N–H and O–H groups in total. The van der Waals surface area contributed by atoms with Gasteiger partial charge in [-0.05, 0) is 55.3 Å². The van der Waals surface area contributed by atoms with E-state index >= 15 is 0 Å². The molecule has 1 aliphatic rings. The van der Waals surface area contributed by atoms with Crippen molar-refractivity contribution in [1.29, 1.82) is 0 Å². The Morgan fingerprint density at radius 2 is 1.96 bits per heavy atom. The van der Waals surface area contributed by atoms with Gasteiger partial charge in [0.05, 0.1) is 0 Å². The summed E-state index contributed by atoms with van der Waals surface area (Å²) in [7, 11) is 0. The Balaban J connectivity index is 1.66. The minimum absolute atomic E-state index is 0.0497. The third-order valence-electron chi connectivity index (χ3n) is 4.22. The van der Waals surface area contributed by atoms with Crippen LogP contribution in [0, 0.1) is 0 Å². The first-order chi connectivity index (χ1) is 11.9. The molecule has 0 saturated carbocycles. The lowest BCUT2D eigenvalue weighted by molar-refractivity contribution is -0.117. The van der Waals surface area contributed by atoms with Crippen LogP contribution in [-0.4, -0.2) is 24.4 Å². The van der Waals surface area contributed by atoms with Gasteiger partial charge in [-0.25, -0.2) is 0 Å². The minimum atomic E-state index is -0.414. The van der Waals surface area contributed by atoms with Gasteiger partial charge >= 0.3 is 0 Å². The summed E-state index contributed by atoms with van der Waals surface area (Å²) < 4.78 is 0. The Morgan fingerprint density at radius 1 is 1.16 bits per heavy atom. The van der Waals surface area contributed by atoms with Crippen molar-refractivity contribution in [2.24, 2.45) is 0 Å². The van der Waals surface area contributed by atoms with Crippen LogP contribution in [-0.2, 0) is 16.0 Å². The van der Waals surface area contributed by atoms with Crippen LogP contribution in [0.3, 0.4) is 0 Å². The number of carbonyl (C=O) groups is 2. The topological polar surface area (TPSA) is 61.4 Å². The van der Waals surface area contributed by atoms with Gasteiger partial charge in [0.25, 0.3) is 0 Å². The first kappa shape index (κ1) is 17.3. The second-order valence-electron chi connectivity index (χ2n) is 6.13. The third-order valence-corrected chi connectivity index (χ3v) is 4.46. The average Bonchev–Trinajstić information content (AvgIpc) is 2.98. The first-order valence-electron chi connectivity index (χ1n) is 8.18. The Morgan fingerprint density at radius 3 is 2.68 bits per heavy atom. The number of nitrogens with zero attached hydrogens (tertiary/aromatic N) is 1. The number of benzene rings is 2. The molecule has 2 aromatic rings. The summed E-state index contributed by atoms with van der Waals surface area (Å²) in [6.45, 7) is 4.08. The summed E-state index contributed by atoms with van der Waals surface area (Å²) >= 11 is 5.93. The van der Waals surface area contributed by atoms with Gasteiger partial charge in [-0.15, -0.1) is 0 Å². The van der Waals surface area contributed by atoms with E-state index in [9.17, 15) is 9.59 Å². The SMILES string of the molecule is CC(=O)N1CCc2cc(NC(C)C(=O)Nc3cccc(Cl)c3)ccc21. The van der Waals surface area contributed by atoms with Gasteiger partial charge in [0.2, 0.25) is 11.8 Å². The van der Waals surface area contributed by atoms with Crippen LogP contribution < -0.4 is 15.5 Å². The molecule has 25 heavy (non-hydrogen) atoms. The Labute approximate surface area is 152 Å². The van der Waals surface area contributed by atoms with E-state index in [-0.39, 0.29) is 11.8 Å². The average molecular weight is 358 g/mol. The lowest BCUT2D eigenvalue weighted by Crippen LogP contribution is -2.31. The molecule has 0 spiro atoms. The van der Waals surface area contributed by atoms with Crippen LogP contribution in [0.15, 0.2) is 42.5 Å². The van der Waals surface area contributed by atoms with Crippen LogP contribution in [0.1, 0.15) is 19.4 Å². The first-order valence-corrected chi connectivity index (χ1v) is 8.56. The smallest absolute Gasteiger partial charge is 0.246 e. The van der Waals surface area contributed by atoms with Crippen molar-refractivity contribution in [2.75, 3.05) is 22.1 Å². The molecule has 0 bridgehead atoms. The van der Waals surface area contributed by atoms with Gasteiger partial charge in [0, 0.05) is 35.6 Å². The van der Waals surface area contributed by atoms with Crippen LogP contribution in [0.2, 0.25) is 5.02 Å². The molecule has 1 aliphatic heterocycles. The molecule has 0 fully saturated rings. The second-order valence-corrected chi connectivity index (χ2v) is 6.57. The van der Waals surface area contributed by atoms with E-state index in [1.807, 2.05) is 18.2 Å². The van der Waals surface area contributed by atoms with Crippen LogP contribution in [0.5, 0.6) is 0 Å². The third kappa shape index (κ3) is 3.94. The summed E-state index contributed by atoms with van der Waals surface area (Å²) in [5, 5.41) is 6.62. The molecule has 6 heteroatoms. The van der Waals surface area contributed by atoms with Gasteiger partial charge in [0.15, 0.2) is 0 Å². The number of fused-ring (bicyclic) bond motifs is 1. The monoisotopic (exact) mass is 357 g/mol. The van der Waals surface area contributed by atoms with Gasteiger partial charge < -0.3 is 15.5 Å². The highest BCUT2D eigenvalue weighted by Gasteiger charge is 2.22. The predicted octanol–water partition coefficient (Wildman–Crippen LogP) is 3.69. The second kappa shape index (κ2) is 7.15. The molecule has 5 nitrogen and oxygen atoms in total. The molecule has 2 aromatic carbocycles. The number of halogens is 1. The maximum Gasteiger partial charge on any atom is 0.246 e. The molecular formula is C19H20ClN3O2. The lowest BCUT2D eigenvalue weighted by Gasteiger charge is -2.18. The molecule has 1 unspecified atom stereocenters. The maximum absolute atomic E-state index is 12.3. The van der Waals surface area contributed by atoms with E-state index in [1.165, 1.54) is 0 Å². The summed E-state index contributed by atoms with van der Waals surface area (Å²) in [6.07, 6.45) is 0.827. The molecule has 0 radical (unpaired) electrons. The van der Waals surface area contributed by atoms with Crippen LogP contribution in [0.4, 0.5) is 17.1 Å². The summed E-state index contributed by atoms with van der Waals surface area (Å²) in [6, 6.07) is 12.5. The van der Waals surface area contributed by atoms with Crippen molar-refractivity contribution in [3.63, 3.8) is 0 Å². The van der Waals surface area contributed by atoms with Gasteiger partial charge in [-0.3, -0.25) is 9.59 Å². The summed E-state index contributed by atoms with van der Waals surface area (Å²) in [5.74, 6) is -0.0955. The number of hydrogen-bond acceptors (Lipinski definition) is 3. The predicted molar refractivity (Wildman–Crippen MR) is 101 cm³/mol. The number of rotatable bonds is 4. The standard InChI is InChI=1S/C19H20ClN3O2/c1-12(19(25)22-16-5-3-4-15(20)11-16)21-17-6-7-18-14(10-17)8-9-23(18)13(2)24/h3-7,10-12,21H,8-9H2,1-2H3,(H,22,25). The highest BCUT2D eigenvalue weighted by atomic mass is 35.5. The number of amides is 2. The fourth-order valence-corrected chi connectivity index (χ4v) is 3.14. The van der Waals surface area contributed by atoms with E-state index in [2.05, 4.69) is 10.6 Å². The molecule has 0 saturated heterocycles. The molecule has 130 valence electrons. The summed E-state index contributed by atoms with van der Waals surface area (Å²) in [5.41, 5.74) is 3.59. The molecule has 1 atom stereocenters. The molecule has 0 aromatic heterocycles. The van der Waals surface area contributed by atoms with E-state index < -0.39 is 6.04 Å². The van der Waals surface area contributed by atoms with Crippen LogP contribution in [0.25, 0.3) is 0 Å². The number of nitrogens with one attached hydrogen (secondary N) is 2. The van der Waals surface area contributed by atoms with E-state index in [0.29, 0.717) is 17.3 Å². The Bertz CT molecular complexity index is 822. The Hall–Kier alpha value is -2.53. The van der Waals surface area contributed by atoms with Gasteiger partial charge in [0.1, 0.15) is 6.04 Å². The van der Waals surface area contributed by atoms with E-state index in [1.54, 1.807) is 43.0 Å². The van der Waals surface area contributed by atoms with Crippen molar-refractivity contribution in [2.45, 2.75) is 26.3 Å². The number of hydrogen-bond donors (Lipinski definition) is 2. The van der Waals surface area contributed by atoms with E-state index in [4.69, 9.17) is 11.6 Å². The molecule has 3 rings (SSSR count). The summed E-state index contributed by atoms with van der Waals surface area (Å²) in [4.78, 5) is 25.7. The fraction of sp³-hybridized carbons (Fsp3) is 0.263. The number of anilines is 3. The molecular weight excluding hydrogens is 338 g/mol. The normalized spacial score (nSPS) is 14.0. The number of carbonyl (C=O) groups excluding carboxylic acids is 2. The Kier molecular flexibility index (Phi) is 4.95. The van der Waals surface area contributed by atoms with Crippen molar-refractivity contribution < 1.29 is 9.59 Å². The molecule has 0 aliphatic carbocycles. The highest BCUT2D eigenvalue weighted by molar-refractivity contribution is 6.30. The van der Waals surface area contributed by atoms with Crippen molar-refractivity contribution in [1.82, 2.24) is 0 Å².